The normalized spacial score (nSPS) is 20.1. The molecule has 2 aliphatic rings. The van der Waals surface area contributed by atoms with E-state index in [0.717, 1.165) is 5.92 Å². The lowest BCUT2D eigenvalue weighted by Gasteiger charge is -2.32. The second kappa shape index (κ2) is 4.91. The fraction of sp³-hybridized carbons (Fsp3) is 0.412. The predicted molar refractivity (Wildman–Crippen MR) is 73.7 cm³/mol. The van der Waals surface area contributed by atoms with Gasteiger partial charge in [0, 0.05) is 0 Å². The van der Waals surface area contributed by atoms with Gasteiger partial charge in [0.05, 0.1) is 0 Å². The molecule has 0 aromatic heterocycles. The minimum absolute atomic E-state index is 0.880. The van der Waals surface area contributed by atoms with E-state index in [2.05, 4.69) is 42.5 Å². The molecule has 0 heteroatoms. The molecule has 0 unspecified atom stereocenters. The summed E-state index contributed by atoms with van der Waals surface area (Å²) in [5.41, 5.74) is 4.73. The molecule has 0 radical (unpaired) electrons. The Balaban J connectivity index is 1.79. The zero-order chi connectivity index (χ0) is 11.5. The molecule has 3 rings (SSSR count). The Morgan fingerprint density at radius 2 is 1.76 bits per heavy atom. The van der Waals surface area contributed by atoms with Gasteiger partial charge in [-0.2, -0.15) is 0 Å². The molecule has 2 fully saturated rings. The van der Waals surface area contributed by atoms with Gasteiger partial charge >= 0.3 is 0 Å². The molecule has 0 nitrogen and oxygen atoms in total. The smallest absolute Gasteiger partial charge is 0.0162 e. The molecule has 0 atom stereocenters. The summed E-state index contributed by atoms with van der Waals surface area (Å²) in [7, 11) is 0. The summed E-state index contributed by atoms with van der Waals surface area (Å²) in [6.45, 7) is 0. The van der Waals surface area contributed by atoms with Crippen LogP contribution in [0.1, 0.15) is 44.1 Å². The van der Waals surface area contributed by atoms with Gasteiger partial charge in [-0.1, -0.05) is 54.5 Å². The van der Waals surface area contributed by atoms with Crippen LogP contribution in [0.15, 0.2) is 47.6 Å². The van der Waals surface area contributed by atoms with Gasteiger partial charge in [-0.05, 0) is 49.2 Å². The van der Waals surface area contributed by atoms with Crippen molar-refractivity contribution in [2.75, 3.05) is 0 Å². The third kappa shape index (κ3) is 2.36. The number of benzene rings is 1. The average Bonchev–Trinajstić information content (AvgIpc) is 2.22. The lowest BCUT2D eigenvalue weighted by Crippen LogP contribution is -2.16. The van der Waals surface area contributed by atoms with E-state index in [1.807, 2.05) is 0 Å². The fourth-order valence-corrected chi connectivity index (χ4v) is 2.65. The first kappa shape index (κ1) is 10.8. The van der Waals surface area contributed by atoms with Crippen molar-refractivity contribution >= 4 is 6.08 Å². The van der Waals surface area contributed by atoms with Crippen LogP contribution in [-0.2, 0) is 0 Å². The maximum absolute atomic E-state index is 2.40. The molecule has 1 aromatic rings. The van der Waals surface area contributed by atoms with E-state index in [4.69, 9.17) is 0 Å². The Morgan fingerprint density at radius 3 is 2.29 bits per heavy atom. The van der Waals surface area contributed by atoms with E-state index in [1.54, 1.807) is 11.1 Å². The standard InChI is InChI=1S/C17H20/c1-2-6-14(7-3-1)12-13-17(15-8-4-9-15)16-10-5-11-16/h1-3,6-7,12-13,15H,4-5,8-11H2/b13-12+. The monoisotopic (exact) mass is 224 g/mol. The van der Waals surface area contributed by atoms with E-state index in [-0.39, 0.29) is 0 Å². The van der Waals surface area contributed by atoms with Gasteiger partial charge in [-0.25, -0.2) is 0 Å². The van der Waals surface area contributed by atoms with Crippen LogP contribution in [-0.4, -0.2) is 0 Å². The maximum Gasteiger partial charge on any atom is -0.0162 e. The van der Waals surface area contributed by atoms with Crippen molar-refractivity contribution in [2.24, 2.45) is 5.92 Å². The molecule has 88 valence electrons. The molecule has 0 heterocycles. The molecule has 0 N–H and O–H groups in total. The summed E-state index contributed by atoms with van der Waals surface area (Å²) >= 11 is 0. The van der Waals surface area contributed by atoms with Crippen molar-refractivity contribution in [3.63, 3.8) is 0 Å². The Morgan fingerprint density at radius 1 is 1.00 bits per heavy atom. The molecule has 0 aliphatic heterocycles. The van der Waals surface area contributed by atoms with E-state index in [0.29, 0.717) is 0 Å². The van der Waals surface area contributed by atoms with Crippen LogP contribution >= 0.6 is 0 Å². The van der Waals surface area contributed by atoms with Gasteiger partial charge in [0.2, 0.25) is 0 Å². The number of rotatable bonds is 3. The van der Waals surface area contributed by atoms with E-state index >= 15 is 0 Å². The van der Waals surface area contributed by atoms with Gasteiger partial charge < -0.3 is 0 Å². The molecule has 0 spiro atoms. The van der Waals surface area contributed by atoms with Crippen molar-refractivity contribution in [3.8, 4) is 0 Å². The van der Waals surface area contributed by atoms with Gasteiger partial charge in [0.1, 0.15) is 0 Å². The van der Waals surface area contributed by atoms with Crippen LogP contribution in [0.25, 0.3) is 6.08 Å². The van der Waals surface area contributed by atoms with E-state index in [9.17, 15) is 0 Å². The molecular formula is C17H20. The van der Waals surface area contributed by atoms with Crippen LogP contribution in [0.3, 0.4) is 0 Å². The van der Waals surface area contributed by atoms with E-state index in [1.165, 1.54) is 44.1 Å². The van der Waals surface area contributed by atoms with Crippen LogP contribution in [0.4, 0.5) is 0 Å². The summed E-state index contributed by atoms with van der Waals surface area (Å²) in [4.78, 5) is 0. The van der Waals surface area contributed by atoms with Gasteiger partial charge in [0.25, 0.3) is 0 Å². The third-order valence-electron chi connectivity index (χ3n) is 4.17. The lowest BCUT2D eigenvalue weighted by molar-refractivity contribution is 0.367. The van der Waals surface area contributed by atoms with Crippen molar-refractivity contribution in [3.05, 3.63) is 53.1 Å². The lowest BCUT2D eigenvalue weighted by atomic mass is 9.74. The molecule has 17 heavy (non-hydrogen) atoms. The Labute approximate surface area is 104 Å². The summed E-state index contributed by atoms with van der Waals surface area (Å²) in [6, 6.07) is 10.7. The maximum atomic E-state index is 2.40. The van der Waals surface area contributed by atoms with Gasteiger partial charge in [0.15, 0.2) is 0 Å². The van der Waals surface area contributed by atoms with Crippen LogP contribution in [0.2, 0.25) is 0 Å². The van der Waals surface area contributed by atoms with Crippen molar-refractivity contribution < 1.29 is 0 Å². The Kier molecular flexibility index (Phi) is 3.13. The van der Waals surface area contributed by atoms with Gasteiger partial charge in [-0.3, -0.25) is 0 Å². The van der Waals surface area contributed by atoms with Gasteiger partial charge in [-0.15, -0.1) is 0 Å². The number of hydrogen-bond donors (Lipinski definition) is 0. The molecule has 1 aromatic carbocycles. The second-order valence-electron chi connectivity index (χ2n) is 5.28. The molecule has 0 bridgehead atoms. The van der Waals surface area contributed by atoms with Crippen molar-refractivity contribution in [1.82, 2.24) is 0 Å². The van der Waals surface area contributed by atoms with Crippen molar-refractivity contribution in [1.29, 1.82) is 0 Å². The molecular weight excluding hydrogens is 204 g/mol. The Bertz CT molecular complexity index is 426. The first-order valence-electron chi connectivity index (χ1n) is 6.88. The number of allylic oxidation sites excluding steroid dienone is 3. The summed E-state index contributed by atoms with van der Waals surface area (Å²) in [5, 5.41) is 0. The SMILES string of the molecule is C(=C\c1ccccc1)/C(=C1CCC1)C1CCC1. The Hall–Kier alpha value is -1.30. The minimum Gasteiger partial charge on any atom is -0.0667 e. The zero-order valence-corrected chi connectivity index (χ0v) is 10.4. The molecule has 2 saturated carbocycles. The van der Waals surface area contributed by atoms with Crippen LogP contribution in [0.5, 0.6) is 0 Å². The van der Waals surface area contributed by atoms with Crippen LogP contribution in [0, 0.1) is 5.92 Å². The summed E-state index contributed by atoms with van der Waals surface area (Å²) in [6.07, 6.45) is 13.1. The number of hydrogen-bond acceptors (Lipinski definition) is 0. The fourth-order valence-electron chi connectivity index (χ4n) is 2.65. The van der Waals surface area contributed by atoms with Crippen molar-refractivity contribution in [2.45, 2.75) is 38.5 Å². The second-order valence-corrected chi connectivity index (χ2v) is 5.28. The first-order chi connectivity index (χ1) is 8.43. The highest BCUT2D eigenvalue weighted by Gasteiger charge is 2.24. The summed E-state index contributed by atoms with van der Waals surface area (Å²) < 4.78 is 0. The molecule has 2 aliphatic carbocycles. The zero-order valence-electron chi connectivity index (χ0n) is 10.4. The first-order valence-corrected chi connectivity index (χ1v) is 6.88. The largest absolute Gasteiger partial charge is 0.0667 e. The third-order valence-corrected chi connectivity index (χ3v) is 4.17. The van der Waals surface area contributed by atoms with Crippen LogP contribution < -0.4 is 0 Å². The predicted octanol–water partition coefficient (Wildman–Crippen LogP) is 4.98. The van der Waals surface area contributed by atoms with E-state index < -0.39 is 0 Å². The minimum atomic E-state index is 0.880. The quantitative estimate of drug-likeness (QED) is 0.679. The topological polar surface area (TPSA) is 0 Å². The highest BCUT2D eigenvalue weighted by atomic mass is 14.3. The molecule has 0 saturated heterocycles. The highest BCUT2D eigenvalue weighted by Crippen LogP contribution is 2.40. The summed E-state index contributed by atoms with van der Waals surface area (Å²) in [5.74, 6) is 0.880. The average molecular weight is 224 g/mol. The highest BCUT2D eigenvalue weighted by molar-refractivity contribution is 5.54. The molecule has 0 amide bonds.